The molecule has 0 amide bonds. The number of benzene rings is 1. The molecule has 1 aromatic heterocycles. The fourth-order valence-electron chi connectivity index (χ4n) is 1.80. The molecule has 0 bridgehead atoms. The molecule has 0 radical (unpaired) electrons. The number of aryl methyl sites for hydroxylation is 1. The molecule has 18 heavy (non-hydrogen) atoms. The SMILES string of the molecule is Cc1cccnc1CC(O)c1cccc(Cl)c1F. The van der Waals surface area contributed by atoms with Gasteiger partial charge in [0.2, 0.25) is 0 Å². The van der Waals surface area contributed by atoms with Gasteiger partial charge in [-0.05, 0) is 24.6 Å². The van der Waals surface area contributed by atoms with Crippen LogP contribution in [0.3, 0.4) is 0 Å². The Morgan fingerprint density at radius 2 is 2.11 bits per heavy atom. The molecule has 1 heterocycles. The van der Waals surface area contributed by atoms with Crippen molar-refractivity contribution < 1.29 is 9.50 Å². The van der Waals surface area contributed by atoms with Gasteiger partial charge >= 0.3 is 0 Å². The molecule has 0 saturated carbocycles. The Bertz CT molecular complexity index is 559. The second-order valence-electron chi connectivity index (χ2n) is 4.13. The van der Waals surface area contributed by atoms with Crippen LogP contribution in [-0.4, -0.2) is 10.1 Å². The zero-order chi connectivity index (χ0) is 13.1. The van der Waals surface area contributed by atoms with Crippen molar-refractivity contribution in [2.24, 2.45) is 0 Å². The lowest BCUT2D eigenvalue weighted by molar-refractivity contribution is 0.172. The van der Waals surface area contributed by atoms with Gasteiger partial charge in [-0.3, -0.25) is 4.98 Å². The lowest BCUT2D eigenvalue weighted by Crippen LogP contribution is -2.07. The highest BCUT2D eigenvalue weighted by Gasteiger charge is 2.16. The monoisotopic (exact) mass is 265 g/mol. The first-order valence-electron chi connectivity index (χ1n) is 5.62. The maximum atomic E-state index is 13.7. The molecule has 1 N–H and O–H groups in total. The normalized spacial score (nSPS) is 12.4. The van der Waals surface area contributed by atoms with Crippen LogP contribution in [0.15, 0.2) is 36.5 Å². The maximum absolute atomic E-state index is 13.7. The van der Waals surface area contributed by atoms with Gasteiger partial charge in [-0.25, -0.2) is 4.39 Å². The fourth-order valence-corrected chi connectivity index (χ4v) is 1.98. The van der Waals surface area contributed by atoms with Crippen LogP contribution in [0.25, 0.3) is 0 Å². The molecule has 4 heteroatoms. The Morgan fingerprint density at radius 3 is 2.83 bits per heavy atom. The van der Waals surface area contributed by atoms with E-state index in [9.17, 15) is 9.50 Å². The van der Waals surface area contributed by atoms with Crippen LogP contribution < -0.4 is 0 Å². The van der Waals surface area contributed by atoms with E-state index in [1.807, 2.05) is 19.1 Å². The third kappa shape index (κ3) is 2.68. The zero-order valence-electron chi connectivity index (χ0n) is 9.90. The molecule has 2 rings (SSSR count). The van der Waals surface area contributed by atoms with Crippen molar-refractivity contribution in [3.8, 4) is 0 Å². The molecule has 1 unspecified atom stereocenters. The maximum Gasteiger partial charge on any atom is 0.147 e. The minimum absolute atomic E-state index is 0.0179. The van der Waals surface area contributed by atoms with Crippen molar-refractivity contribution in [2.45, 2.75) is 19.4 Å². The summed E-state index contributed by atoms with van der Waals surface area (Å²) in [5.74, 6) is -0.569. The zero-order valence-corrected chi connectivity index (χ0v) is 10.7. The highest BCUT2D eigenvalue weighted by atomic mass is 35.5. The molecule has 0 fully saturated rings. The third-order valence-corrected chi connectivity index (χ3v) is 3.14. The van der Waals surface area contributed by atoms with Gasteiger partial charge in [0.1, 0.15) is 5.82 Å². The number of pyridine rings is 1. The minimum atomic E-state index is -0.947. The second kappa shape index (κ2) is 5.46. The Hall–Kier alpha value is -1.45. The van der Waals surface area contributed by atoms with Crippen LogP contribution in [0, 0.1) is 12.7 Å². The Labute approximate surface area is 110 Å². The number of aromatic nitrogens is 1. The van der Waals surface area contributed by atoms with Gasteiger partial charge in [0.25, 0.3) is 0 Å². The van der Waals surface area contributed by atoms with E-state index in [0.717, 1.165) is 11.3 Å². The van der Waals surface area contributed by atoms with E-state index >= 15 is 0 Å². The van der Waals surface area contributed by atoms with Gasteiger partial charge in [-0.2, -0.15) is 0 Å². The van der Waals surface area contributed by atoms with E-state index in [-0.39, 0.29) is 17.0 Å². The topological polar surface area (TPSA) is 33.1 Å². The second-order valence-corrected chi connectivity index (χ2v) is 4.54. The highest BCUT2D eigenvalue weighted by molar-refractivity contribution is 6.30. The fraction of sp³-hybridized carbons (Fsp3) is 0.214. The van der Waals surface area contributed by atoms with Crippen molar-refractivity contribution in [2.75, 3.05) is 0 Å². The number of hydrogen-bond donors (Lipinski definition) is 1. The predicted octanol–water partition coefficient (Wildman–Crippen LogP) is 3.46. The van der Waals surface area contributed by atoms with Gasteiger partial charge in [-0.1, -0.05) is 29.8 Å². The molecule has 0 saturated heterocycles. The summed E-state index contributed by atoms with van der Waals surface area (Å²) in [6.45, 7) is 1.91. The summed E-state index contributed by atoms with van der Waals surface area (Å²) >= 11 is 5.69. The van der Waals surface area contributed by atoms with Gasteiger partial charge in [0.05, 0.1) is 11.1 Å². The molecule has 1 atom stereocenters. The number of hydrogen-bond acceptors (Lipinski definition) is 2. The average molecular weight is 266 g/mol. The highest BCUT2D eigenvalue weighted by Crippen LogP contribution is 2.25. The van der Waals surface area contributed by atoms with Crippen LogP contribution >= 0.6 is 11.6 Å². The summed E-state index contributed by atoms with van der Waals surface area (Å²) in [4.78, 5) is 4.18. The standard InChI is InChI=1S/C14H13ClFNO/c1-9-4-3-7-17-12(9)8-13(18)10-5-2-6-11(15)14(10)16/h2-7,13,18H,8H2,1H3. The first-order valence-corrected chi connectivity index (χ1v) is 6.00. The van der Waals surface area contributed by atoms with E-state index in [0.29, 0.717) is 0 Å². The van der Waals surface area contributed by atoms with Crippen molar-refractivity contribution in [1.29, 1.82) is 0 Å². The molecule has 0 spiro atoms. The molecular weight excluding hydrogens is 253 g/mol. The average Bonchev–Trinajstić information content (AvgIpc) is 2.35. The van der Waals surface area contributed by atoms with Crippen LogP contribution in [0.5, 0.6) is 0 Å². The molecule has 0 aliphatic carbocycles. The summed E-state index contributed by atoms with van der Waals surface area (Å²) in [5, 5.41) is 10.1. The molecule has 0 aliphatic rings. The summed E-state index contributed by atoms with van der Waals surface area (Å²) in [6.07, 6.45) is 0.977. The lowest BCUT2D eigenvalue weighted by atomic mass is 10.0. The summed E-state index contributed by atoms with van der Waals surface area (Å²) in [6, 6.07) is 8.34. The van der Waals surface area contributed by atoms with Gasteiger partial charge in [0.15, 0.2) is 0 Å². The van der Waals surface area contributed by atoms with Crippen LogP contribution in [0.2, 0.25) is 5.02 Å². The molecule has 0 aliphatic heterocycles. The predicted molar refractivity (Wildman–Crippen MR) is 69.0 cm³/mol. The quantitative estimate of drug-likeness (QED) is 0.922. The number of aliphatic hydroxyl groups excluding tert-OH is 1. The largest absolute Gasteiger partial charge is 0.388 e. The minimum Gasteiger partial charge on any atom is -0.388 e. The third-order valence-electron chi connectivity index (χ3n) is 2.85. The number of halogens is 2. The molecule has 1 aromatic carbocycles. The smallest absolute Gasteiger partial charge is 0.147 e. The molecular formula is C14H13ClFNO. The number of aliphatic hydroxyl groups is 1. The summed E-state index contributed by atoms with van der Waals surface area (Å²) in [7, 11) is 0. The van der Waals surface area contributed by atoms with Gasteiger partial charge in [0, 0.05) is 23.9 Å². The first kappa shape index (κ1) is 13.0. The molecule has 94 valence electrons. The van der Waals surface area contributed by atoms with E-state index in [2.05, 4.69) is 4.98 Å². The van der Waals surface area contributed by atoms with E-state index in [1.54, 1.807) is 12.3 Å². The van der Waals surface area contributed by atoms with Crippen LogP contribution in [0.1, 0.15) is 22.9 Å². The van der Waals surface area contributed by atoms with Crippen LogP contribution in [0.4, 0.5) is 4.39 Å². The summed E-state index contributed by atoms with van der Waals surface area (Å²) < 4.78 is 13.7. The summed E-state index contributed by atoms with van der Waals surface area (Å²) in [5.41, 5.74) is 1.93. The van der Waals surface area contributed by atoms with Crippen molar-refractivity contribution in [3.05, 3.63) is 64.2 Å². The number of rotatable bonds is 3. The van der Waals surface area contributed by atoms with Gasteiger partial charge in [-0.15, -0.1) is 0 Å². The Morgan fingerprint density at radius 1 is 1.33 bits per heavy atom. The number of nitrogens with zero attached hydrogens (tertiary/aromatic N) is 1. The Balaban J connectivity index is 2.25. The van der Waals surface area contributed by atoms with E-state index < -0.39 is 11.9 Å². The van der Waals surface area contributed by atoms with Crippen molar-refractivity contribution in [3.63, 3.8) is 0 Å². The molecule has 2 nitrogen and oxygen atoms in total. The van der Waals surface area contributed by atoms with E-state index in [4.69, 9.17) is 11.6 Å². The molecule has 2 aromatic rings. The van der Waals surface area contributed by atoms with Crippen molar-refractivity contribution >= 4 is 11.6 Å². The van der Waals surface area contributed by atoms with Gasteiger partial charge < -0.3 is 5.11 Å². The Kier molecular flexibility index (Phi) is 3.94. The van der Waals surface area contributed by atoms with Crippen molar-refractivity contribution in [1.82, 2.24) is 4.98 Å². The first-order chi connectivity index (χ1) is 8.59. The van der Waals surface area contributed by atoms with E-state index in [1.165, 1.54) is 12.1 Å². The lowest BCUT2D eigenvalue weighted by Gasteiger charge is -2.13. The van der Waals surface area contributed by atoms with Crippen LogP contribution in [-0.2, 0) is 6.42 Å².